The first-order chi connectivity index (χ1) is 10.1. The van der Waals surface area contributed by atoms with Gasteiger partial charge in [0.25, 0.3) is 0 Å². The van der Waals surface area contributed by atoms with Gasteiger partial charge in [-0.1, -0.05) is 30.4 Å². The van der Waals surface area contributed by atoms with Crippen molar-refractivity contribution in [2.75, 3.05) is 25.6 Å². The van der Waals surface area contributed by atoms with Crippen LogP contribution in [0.5, 0.6) is 5.75 Å². The van der Waals surface area contributed by atoms with Crippen LogP contribution >= 0.6 is 11.3 Å². The maximum Gasteiger partial charge on any atom is 0.190 e. The van der Waals surface area contributed by atoms with Gasteiger partial charge in [0, 0.05) is 18.0 Å². The monoisotopic (exact) mass is 305 g/mol. The topological polar surface area (TPSA) is 37.4 Å². The third-order valence-corrected chi connectivity index (χ3v) is 4.87. The van der Waals surface area contributed by atoms with E-state index in [0.717, 1.165) is 28.8 Å². The number of nitrogens with one attached hydrogen (secondary N) is 1. The van der Waals surface area contributed by atoms with Crippen molar-refractivity contribution >= 4 is 22.2 Å². The maximum absolute atomic E-state index is 5.43. The van der Waals surface area contributed by atoms with E-state index < -0.39 is 0 Å². The van der Waals surface area contributed by atoms with E-state index in [1.807, 2.05) is 31.3 Å². The molecular weight excluding hydrogens is 282 g/mol. The molecule has 1 atom stereocenters. The van der Waals surface area contributed by atoms with Crippen LogP contribution in [0.1, 0.15) is 30.5 Å². The molecule has 1 N–H and O–H groups in total. The molecule has 1 aromatic carbocycles. The molecule has 0 radical (unpaired) electrons. The van der Waals surface area contributed by atoms with Crippen LogP contribution in [0.25, 0.3) is 0 Å². The summed E-state index contributed by atoms with van der Waals surface area (Å²) in [6.07, 6.45) is 0. The Labute approximate surface area is 130 Å². The predicted octanol–water partition coefficient (Wildman–Crippen LogP) is 3.90. The number of aromatic nitrogens is 1. The zero-order valence-electron chi connectivity index (χ0n) is 13.3. The average molecular weight is 305 g/mol. The third-order valence-electron chi connectivity index (χ3n) is 3.46. The van der Waals surface area contributed by atoms with E-state index in [9.17, 15) is 0 Å². The highest BCUT2D eigenvalue weighted by Gasteiger charge is 2.18. The summed E-state index contributed by atoms with van der Waals surface area (Å²) in [5.41, 5.74) is 2.11. The van der Waals surface area contributed by atoms with Gasteiger partial charge in [0.15, 0.2) is 5.13 Å². The SMILES string of the molecule is CCNC(C)c1sc(N(C)c2ccccc2OC)nc1C. The van der Waals surface area contributed by atoms with Crippen LogP contribution in [-0.2, 0) is 0 Å². The summed E-state index contributed by atoms with van der Waals surface area (Å²) in [5.74, 6) is 0.856. The average Bonchev–Trinajstić information content (AvgIpc) is 2.88. The Hall–Kier alpha value is -1.59. The van der Waals surface area contributed by atoms with E-state index in [0.29, 0.717) is 6.04 Å². The van der Waals surface area contributed by atoms with Crippen LogP contribution in [0.2, 0.25) is 0 Å². The van der Waals surface area contributed by atoms with Gasteiger partial charge in [-0.05, 0) is 32.5 Å². The van der Waals surface area contributed by atoms with Crippen molar-refractivity contribution in [1.82, 2.24) is 10.3 Å². The van der Waals surface area contributed by atoms with E-state index in [4.69, 9.17) is 9.72 Å². The van der Waals surface area contributed by atoms with E-state index in [2.05, 4.69) is 31.0 Å². The zero-order valence-corrected chi connectivity index (χ0v) is 14.1. The van der Waals surface area contributed by atoms with Crippen molar-refractivity contribution in [3.05, 3.63) is 34.8 Å². The summed E-state index contributed by atoms with van der Waals surface area (Å²) in [5, 5.41) is 4.43. The Kier molecular flexibility index (Phi) is 5.20. The lowest BCUT2D eigenvalue weighted by molar-refractivity contribution is 0.415. The number of benzene rings is 1. The van der Waals surface area contributed by atoms with Crippen molar-refractivity contribution in [3.63, 3.8) is 0 Å². The fraction of sp³-hybridized carbons (Fsp3) is 0.438. The van der Waals surface area contributed by atoms with Gasteiger partial charge < -0.3 is 15.0 Å². The summed E-state index contributed by atoms with van der Waals surface area (Å²) in [6.45, 7) is 7.32. The predicted molar refractivity (Wildman–Crippen MR) is 90.0 cm³/mol. The highest BCUT2D eigenvalue weighted by Crippen LogP contribution is 2.37. The Morgan fingerprint density at radius 3 is 2.76 bits per heavy atom. The fourth-order valence-corrected chi connectivity index (χ4v) is 3.42. The van der Waals surface area contributed by atoms with E-state index >= 15 is 0 Å². The van der Waals surface area contributed by atoms with Crippen LogP contribution in [0, 0.1) is 6.92 Å². The minimum absolute atomic E-state index is 0.326. The summed E-state index contributed by atoms with van der Waals surface area (Å²) < 4.78 is 5.43. The molecule has 2 aromatic rings. The van der Waals surface area contributed by atoms with Crippen molar-refractivity contribution in [2.45, 2.75) is 26.8 Å². The Bertz CT molecular complexity index is 597. The van der Waals surface area contributed by atoms with E-state index in [1.165, 1.54) is 4.88 Å². The number of hydrogen-bond acceptors (Lipinski definition) is 5. The van der Waals surface area contributed by atoms with Crippen molar-refractivity contribution < 1.29 is 4.74 Å². The van der Waals surface area contributed by atoms with E-state index in [1.54, 1.807) is 18.4 Å². The smallest absolute Gasteiger partial charge is 0.190 e. The minimum atomic E-state index is 0.326. The molecule has 0 fully saturated rings. The van der Waals surface area contributed by atoms with Crippen LogP contribution < -0.4 is 15.0 Å². The molecule has 1 unspecified atom stereocenters. The molecule has 0 bridgehead atoms. The second kappa shape index (κ2) is 6.91. The number of aryl methyl sites for hydroxylation is 1. The summed E-state index contributed by atoms with van der Waals surface area (Å²) in [7, 11) is 3.72. The Balaban J connectivity index is 2.32. The van der Waals surface area contributed by atoms with Gasteiger partial charge in [-0.15, -0.1) is 0 Å². The van der Waals surface area contributed by atoms with Crippen LogP contribution in [0.4, 0.5) is 10.8 Å². The lowest BCUT2D eigenvalue weighted by atomic mass is 10.2. The van der Waals surface area contributed by atoms with Crippen LogP contribution in [-0.4, -0.2) is 25.7 Å². The summed E-state index contributed by atoms with van der Waals surface area (Å²) >= 11 is 1.73. The molecule has 114 valence electrons. The van der Waals surface area contributed by atoms with Gasteiger partial charge >= 0.3 is 0 Å². The largest absolute Gasteiger partial charge is 0.495 e. The second-order valence-electron chi connectivity index (χ2n) is 4.96. The molecule has 1 heterocycles. The normalized spacial score (nSPS) is 12.2. The molecule has 0 amide bonds. The van der Waals surface area contributed by atoms with Gasteiger partial charge in [0.05, 0.1) is 18.5 Å². The lowest BCUT2D eigenvalue weighted by Gasteiger charge is -2.18. The summed E-state index contributed by atoms with van der Waals surface area (Å²) in [4.78, 5) is 8.08. The first kappa shape index (κ1) is 15.8. The quantitative estimate of drug-likeness (QED) is 0.878. The first-order valence-corrected chi connectivity index (χ1v) is 7.97. The number of anilines is 2. The van der Waals surface area contributed by atoms with Gasteiger partial charge in [-0.3, -0.25) is 0 Å². The molecule has 1 aromatic heterocycles. The van der Waals surface area contributed by atoms with Gasteiger partial charge in [0.2, 0.25) is 0 Å². The first-order valence-electron chi connectivity index (χ1n) is 7.15. The number of rotatable bonds is 6. The number of nitrogens with zero attached hydrogens (tertiary/aromatic N) is 2. The molecule has 21 heavy (non-hydrogen) atoms. The Morgan fingerprint density at radius 1 is 1.38 bits per heavy atom. The van der Waals surface area contributed by atoms with Gasteiger partial charge in [-0.25, -0.2) is 4.98 Å². The number of thiazole rings is 1. The molecule has 2 rings (SSSR count). The molecule has 0 aliphatic carbocycles. The fourth-order valence-electron chi connectivity index (χ4n) is 2.35. The maximum atomic E-state index is 5.43. The van der Waals surface area contributed by atoms with Crippen molar-refractivity contribution in [2.24, 2.45) is 0 Å². The van der Waals surface area contributed by atoms with E-state index in [-0.39, 0.29) is 0 Å². The van der Waals surface area contributed by atoms with Crippen LogP contribution in [0.15, 0.2) is 24.3 Å². The number of methoxy groups -OCH3 is 1. The zero-order chi connectivity index (χ0) is 15.4. The molecule has 0 saturated carbocycles. The standard InChI is InChI=1S/C16H23N3OS/c1-6-17-11(2)15-12(3)18-16(21-15)19(4)13-9-7-8-10-14(13)20-5/h7-11,17H,6H2,1-5H3. The lowest BCUT2D eigenvalue weighted by Crippen LogP contribution is -2.17. The molecule has 4 nitrogen and oxygen atoms in total. The summed E-state index contributed by atoms with van der Waals surface area (Å²) in [6, 6.07) is 8.32. The Morgan fingerprint density at radius 2 is 2.10 bits per heavy atom. The highest BCUT2D eigenvalue weighted by atomic mass is 32.1. The molecule has 0 spiro atoms. The second-order valence-corrected chi connectivity index (χ2v) is 5.97. The van der Waals surface area contributed by atoms with Crippen molar-refractivity contribution in [3.8, 4) is 5.75 Å². The van der Waals surface area contributed by atoms with Gasteiger partial charge in [0.1, 0.15) is 5.75 Å². The molecule has 0 saturated heterocycles. The van der Waals surface area contributed by atoms with Crippen molar-refractivity contribution in [1.29, 1.82) is 0 Å². The minimum Gasteiger partial charge on any atom is -0.495 e. The molecule has 0 aliphatic rings. The highest BCUT2D eigenvalue weighted by molar-refractivity contribution is 7.15. The van der Waals surface area contributed by atoms with Crippen LogP contribution in [0.3, 0.4) is 0 Å². The molecule has 5 heteroatoms. The number of para-hydroxylation sites is 2. The molecule has 0 aliphatic heterocycles. The van der Waals surface area contributed by atoms with Gasteiger partial charge in [-0.2, -0.15) is 0 Å². The number of hydrogen-bond donors (Lipinski definition) is 1. The number of ether oxygens (including phenoxy) is 1. The third kappa shape index (κ3) is 3.36. The molecular formula is C16H23N3OS.